The van der Waals surface area contributed by atoms with E-state index in [0.717, 1.165) is 25.9 Å². The Balaban J connectivity index is 2.14. The maximum absolute atomic E-state index is 11.7. The summed E-state index contributed by atoms with van der Waals surface area (Å²) in [5.74, 6) is 0.674. The van der Waals surface area contributed by atoms with Gasteiger partial charge in [-0.1, -0.05) is 38.0 Å². The zero-order valence-corrected chi connectivity index (χ0v) is 12.1. The molecule has 2 rings (SSSR count). The summed E-state index contributed by atoms with van der Waals surface area (Å²) >= 11 is 0. The quantitative estimate of drug-likeness (QED) is 0.747. The molecule has 1 aliphatic rings. The molecule has 2 heteroatoms. The van der Waals surface area contributed by atoms with Gasteiger partial charge in [0.15, 0.2) is 0 Å². The molecule has 0 heterocycles. The largest absolute Gasteiger partial charge is 0.371 e. The van der Waals surface area contributed by atoms with Gasteiger partial charge in [-0.15, -0.1) is 0 Å². The van der Waals surface area contributed by atoms with Crippen molar-refractivity contribution in [1.82, 2.24) is 0 Å². The van der Waals surface area contributed by atoms with Crippen LogP contribution in [0, 0.1) is 11.3 Å². The number of carbonyl (C=O) groups excluding carboxylic acids is 1. The lowest BCUT2D eigenvalue weighted by molar-refractivity contribution is -0.118. The van der Waals surface area contributed by atoms with E-state index in [1.807, 2.05) is 6.07 Å². The topological polar surface area (TPSA) is 20.3 Å². The Bertz CT molecular complexity index is 403. The van der Waals surface area contributed by atoms with Crippen LogP contribution in [0.1, 0.15) is 39.5 Å². The molecular formula is C17H25NO. The van der Waals surface area contributed by atoms with Crippen molar-refractivity contribution in [1.29, 1.82) is 0 Å². The molecule has 104 valence electrons. The van der Waals surface area contributed by atoms with Crippen molar-refractivity contribution in [2.24, 2.45) is 11.3 Å². The van der Waals surface area contributed by atoms with Crippen LogP contribution in [0.4, 0.5) is 5.69 Å². The highest BCUT2D eigenvalue weighted by atomic mass is 16.1. The van der Waals surface area contributed by atoms with Gasteiger partial charge in [0.05, 0.1) is 0 Å². The van der Waals surface area contributed by atoms with E-state index in [0.29, 0.717) is 5.92 Å². The van der Waals surface area contributed by atoms with Gasteiger partial charge in [0.25, 0.3) is 0 Å². The van der Waals surface area contributed by atoms with E-state index in [1.165, 1.54) is 24.8 Å². The van der Waals surface area contributed by atoms with Crippen LogP contribution in [-0.4, -0.2) is 19.4 Å². The van der Waals surface area contributed by atoms with Crippen LogP contribution in [0.15, 0.2) is 30.3 Å². The minimum Gasteiger partial charge on any atom is -0.371 e. The Hall–Kier alpha value is -1.31. The van der Waals surface area contributed by atoms with Crippen LogP contribution in [0.25, 0.3) is 0 Å². The first-order valence-electron chi connectivity index (χ1n) is 7.45. The van der Waals surface area contributed by atoms with E-state index in [-0.39, 0.29) is 5.41 Å². The van der Waals surface area contributed by atoms with Crippen molar-refractivity contribution in [3.8, 4) is 0 Å². The number of hydrogen-bond acceptors (Lipinski definition) is 2. The Morgan fingerprint density at radius 2 is 2.11 bits per heavy atom. The van der Waals surface area contributed by atoms with E-state index in [9.17, 15) is 4.79 Å². The Kier molecular flexibility index (Phi) is 4.62. The summed E-state index contributed by atoms with van der Waals surface area (Å²) in [5.41, 5.74) is 1.09. The highest BCUT2D eigenvalue weighted by molar-refractivity contribution is 5.62. The summed E-state index contributed by atoms with van der Waals surface area (Å²) in [6.07, 6.45) is 5.78. The molecule has 1 fully saturated rings. The molecule has 0 N–H and O–H groups in total. The molecule has 0 spiro atoms. The van der Waals surface area contributed by atoms with Gasteiger partial charge in [-0.3, -0.25) is 0 Å². The molecule has 2 unspecified atom stereocenters. The van der Waals surface area contributed by atoms with Gasteiger partial charge in [0.1, 0.15) is 6.29 Å². The van der Waals surface area contributed by atoms with Crippen molar-refractivity contribution >= 4 is 12.0 Å². The molecule has 0 bridgehead atoms. The number of nitrogens with zero attached hydrogens (tertiary/aromatic N) is 1. The maximum atomic E-state index is 11.7. The number of anilines is 1. The third kappa shape index (κ3) is 3.37. The summed E-state index contributed by atoms with van der Waals surface area (Å²) in [6, 6.07) is 10.4. The number of benzene rings is 1. The predicted octanol–water partition coefficient (Wildman–Crippen LogP) is 3.91. The van der Waals surface area contributed by atoms with Gasteiger partial charge in [-0.2, -0.15) is 0 Å². The molecule has 0 amide bonds. The van der Waals surface area contributed by atoms with Crippen molar-refractivity contribution < 1.29 is 4.79 Å². The average molecular weight is 259 g/mol. The average Bonchev–Trinajstić information content (AvgIpc) is 2.46. The number of rotatable bonds is 5. The first-order valence-corrected chi connectivity index (χ1v) is 7.45. The highest BCUT2D eigenvalue weighted by Gasteiger charge is 2.36. The third-order valence-corrected chi connectivity index (χ3v) is 4.39. The minimum absolute atomic E-state index is 0.135. The lowest BCUT2D eigenvalue weighted by Crippen LogP contribution is -2.42. The van der Waals surface area contributed by atoms with Crippen molar-refractivity contribution in [3.05, 3.63) is 30.3 Å². The lowest BCUT2D eigenvalue weighted by atomic mass is 9.70. The van der Waals surface area contributed by atoms with Crippen molar-refractivity contribution in [3.63, 3.8) is 0 Å². The van der Waals surface area contributed by atoms with E-state index >= 15 is 0 Å². The maximum Gasteiger partial charge on any atom is 0.127 e. The fourth-order valence-electron chi connectivity index (χ4n) is 3.39. The summed E-state index contributed by atoms with van der Waals surface area (Å²) in [7, 11) is 0. The summed E-state index contributed by atoms with van der Waals surface area (Å²) < 4.78 is 0. The Morgan fingerprint density at radius 1 is 1.37 bits per heavy atom. The highest BCUT2D eigenvalue weighted by Crippen LogP contribution is 2.39. The van der Waals surface area contributed by atoms with Gasteiger partial charge >= 0.3 is 0 Å². The molecule has 0 aromatic heterocycles. The minimum atomic E-state index is -0.135. The molecule has 2 atom stereocenters. The van der Waals surface area contributed by atoms with Gasteiger partial charge < -0.3 is 9.69 Å². The molecule has 0 radical (unpaired) electrons. The van der Waals surface area contributed by atoms with E-state index < -0.39 is 0 Å². The Labute approximate surface area is 116 Å². The van der Waals surface area contributed by atoms with Gasteiger partial charge in [0, 0.05) is 24.2 Å². The molecule has 1 aliphatic carbocycles. The number of carbonyl (C=O) groups is 1. The van der Waals surface area contributed by atoms with E-state index in [2.05, 4.69) is 43.0 Å². The van der Waals surface area contributed by atoms with Crippen LogP contribution in [0.3, 0.4) is 0 Å². The molecule has 2 nitrogen and oxygen atoms in total. The van der Waals surface area contributed by atoms with Crippen LogP contribution < -0.4 is 4.90 Å². The summed E-state index contributed by atoms with van der Waals surface area (Å²) in [6.45, 7) is 6.25. The van der Waals surface area contributed by atoms with E-state index in [4.69, 9.17) is 0 Å². The molecule has 0 saturated heterocycles. The van der Waals surface area contributed by atoms with Gasteiger partial charge in [-0.25, -0.2) is 0 Å². The van der Waals surface area contributed by atoms with E-state index in [1.54, 1.807) is 0 Å². The second-order valence-corrected chi connectivity index (χ2v) is 6.03. The first kappa shape index (κ1) is 14.1. The standard InChI is InChI=1S/C17H25NO/c1-3-18(16-9-5-4-6-10-16)13-17(14-19)11-7-8-15(2)12-17/h4-6,9-10,14-15H,3,7-8,11-13H2,1-2H3. The van der Waals surface area contributed by atoms with Crippen molar-refractivity contribution in [2.75, 3.05) is 18.0 Å². The zero-order valence-electron chi connectivity index (χ0n) is 12.1. The number of aldehydes is 1. The van der Waals surface area contributed by atoms with Crippen LogP contribution in [0.5, 0.6) is 0 Å². The molecule has 1 aromatic rings. The number of hydrogen-bond donors (Lipinski definition) is 0. The monoisotopic (exact) mass is 259 g/mol. The van der Waals surface area contributed by atoms with Crippen LogP contribution in [-0.2, 0) is 4.79 Å². The van der Waals surface area contributed by atoms with Crippen LogP contribution >= 0.6 is 0 Å². The molecule has 19 heavy (non-hydrogen) atoms. The second kappa shape index (κ2) is 6.23. The third-order valence-electron chi connectivity index (χ3n) is 4.39. The molecule has 0 aliphatic heterocycles. The molecule has 1 saturated carbocycles. The van der Waals surface area contributed by atoms with Crippen LogP contribution in [0.2, 0.25) is 0 Å². The van der Waals surface area contributed by atoms with Crippen molar-refractivity contribution in [2.45, 2.75) is 39.5 Å². The molecule has 1 aromatic carbocycles. The lowest BCUT2D eigenvalue weighted by Gasteiger charge is -2.40. The first-order chi connectivity index (χ1) is 9.19. The van der Waals surface area contributed by atoms with Gasteiger partial charge in [-0.05, 0) is 37.8 Å². The summed E-state index contributed by atoms with van der Waals surface area (Å²) in [5, 5.41) is 0. The second-order valence-electron chi connectivity index (χ2n) is 6.03. The Morgan fingerprint density at radius 3 is 2.68 bits per heavy atom. The normalized spacial score (nSPS) is 26.9. The molecular weight excluding hydrogens is 234 g/mol. The fraction of sp³-hybridized carbons (Fsp3) is 0.588. The smallest absolute Gasteiger partial charge is 0.127 e. The fourth-order valence-corrected chi connectivity index (χ4v) is 3.39. The number of para-hydroxylation sites is 1. The zero-order chi connectivity index (χ0) is 13.7. The van der Waals surface area contributed by atoms with Gasteiger partial charge in [0.2, 0.25) is 0 Å². The predicted molar refractivity (Wildman–Crippen MR) is 80.5 cm³/mol. The SMILES string of the molecule is CCN(CC1(C=O)CCCC(C)C1)c1ccccc1. The summed E-state index contributed by atoms with van der Waals surface area (Å²) in [4.78, 5) is 14.0.